The minimum atomic E-state index is -3.96. The standard InChI is InChI=1S/C19H23ClFN5O4S2.CH4/c20-14-11-13(1-2-15(14)21)23-18(27)17-12-16(19-22-3-10-31-19)24-32(28,29)26(17)5-4-25-6-8-30-9-7-25;/h1-3,10-11,16-17,24H,4-9,12H2,(H,23,27);1H4. The SMILES string of the molecule is C.O=C(Nc1ccc(F)c(Cl)c1)C1CC(c2nccs2)NS(=O)(=O)N1CCN1CCOCC1. The summed E-state index contributed by atoms with van der Waals surface area (Å²) in [6, 6.07) is 2.23. The molecule has 2 N–H and O–H groups in total. The lowest BCUT2D eigenvalue weighted by molar-refractivity contribution is -0.120. The first kappa shape index (κ1) is 25.9. The monoisotopic (exact) mass is 519 g/mol. The van der Waals surface area contributed by atoms with Gasteiger partial charge in [0.05, 0.1) is 24.3 Å². The van der Waals surface area contributed by atoms with Gasteiger partial charge in [-0.3, -0.25) is 9.69 Å². The summed E-state index contributed by atoms with van der Waals surface area (Å²) in [7, 11) is -3.96. The highest BCUT2D eigenvalue weighted by Crippen LogP contribution is 2.30. The Kier molecular flexibility index (Phi) is 8.78. The second-order valence-corrected chi connectivity index (χ2v) is 10.5. The number of ether oxygens (including phenoxy) is 1. The van der Waals surface area contributed by atoms with Crippen molar-refractivity contribution in [2.24, 2.45) is 0 Å². The summed E-state index contributed by atoms with van der Waals surface area (Å²) in [6.45, 7) is 3.20. The summed E-state index contributed by atoms with van der Waals surface area (Å²) in [5.41, 5.74) is 0.288. The smallest absolute Gasteiger partial charge is 0.280 e. The van der Waals surface area contributed by atoms with E-state index >= 15 is 0 Å². The zero-order valence-corrected chi connectivity index (χ0v) is 19.4. The van der Waals surface area contributed by atoms with E-state index in [1.807, 2.05) is 0 Å². The molecule has 33 heavy (non-hydrogen) atoms. The maximum absolute atomic E-state index is 13.5. The molecule has 182 valence electrons. The van der Waals surface area contributed by atoms with E-state index < -0.39 is 34.0 Å². The van der Waals surface area contributed by atoms with Crippen molar-refractivity contribution in [2.45, 2.75) is 25.9 Å². The number of halogens is 2. The number of hydrogen-bond acceptors (Lipinski definition) is 7. The Morgan fingerprint density at radius 2 is 2.09 bits per heavy atom. The van der Waals surface area contributed by atoms with Gasteiger partial charge in [-0.05, 0) is 24.6 Å². The van der Waals surface area contributed by atoms with Crippen LogP contribution in [0.25, 0.3) is 0 Å². The zero-order chi connectivity index (χ0) is 22.7. The summed E-state index contributed by atoms with van der Waals surface area (Å²) in [5, 5.41) is 4.88. The predicted molar refractivity (Wildman–Crippen MR) is 126 cm³/mol. The van der Waals surface area contributed by atoms with Crippen molar-refractivity contribution in [2.75, 3.05) is 44.7 Å². The van der Waals surface area contributed by atoms with Gasteiger partial charge in [-0.2, -0.15) is 17.4 Å². The normalized spacial score (nSPS) is 23.6. The Morgan fingerprint density at radius 1 is 1.33 bits per heavy atom. The molecule has 0 bridgehead atoms. The van der Waals surface area contributed by atoms with Crippen LogP contribution in [0.4, 0.5) is 10.1 Å². The van der Waals surface area contributed by atoms with Crippen LogP contribution in [0.1, 0.15) is 24.9 Å². The van der Waals surface area contributed by atoms with E-state index in [0.717, 1.165) is 6.07 Å². The molecule has 1 aromatic carbocycles. The van der Waals surface area contributed by atoms with Gasteiger partial charge in [0, 0.05) is 43.4 Å². The highest BCUT2D eigenvalue weighted by molar-refractivity contribution is 7.87. The molecular formula is C20H27ClFN5O4S2. The van der Waals surface area contributed by atoms with Crippen LogP contribution in [0.3, 0.4) is 0 Å². The van der Waals surface area contributed by atoms with E-state index in [0.29, 0.717) is 37.9 Å². The molecule has 13 heteroatoms. The molecule has 2 saturated heterocycles. The second-order valence-electron chi connectivity index (χ2n) is 7.48. The van der Waals surface area contributed by atoms with Gasteiger partial charge >= 0.3 is 0 Å². The molecule has 2 aromatic rings. The van der Waals surface area contributed by atoms with Crippen molar-refractivity contribution >= 4 is 44.7 Å². The van der Waals surface area contributed by atoms with Crippen molar-refractivity contribution in [3.05, 3.63) is 45.6 Å². The van der Waals surface area contributed by atoms with E-state index in [4.69, 9.17) is 16.3 Å². The van der Waals surface area contributed by atoms with Crippen LogP contribution < -0.4 is 10.0 Å². The predicted octanol–water partition coefficient (Wildman–Crippen LogP) is 2.49. The number of nitrogens with zero attached hydrogens (tertiary/aromatic N) is 3. The van der Waals surface area contributed by atoms with Crippen LogP contribution in [-0.4, -0.2) is 73.9 Å². The molecule has 2 aliphatic rings. The van der Waals surface area contributed by atoms with Gasteiger partial charge in [-0.25, -0.2) is 9.37 Å². The van der Waals surface area contributed by atoms with Crippen molar-refractivity contribution in [1.82, 2.24) is 18.9 Å². The summed E-state index contributed by atoms with van der Waals surface area (Å²) < 4.78 is 48.9. The lowest BCUT2D eigenvalue weighted by Crippen LogP contribution is -2.59. The van der Waals surface area contributed by atoms with E-state index in [-0.39, 0.29) is 31.1 Å². The Balaban J connectivity index is 0.00000306. The Hall–Kier alpha value is -1.67. The van der Waals surface area contributed by atoms with E-state index in [1.165, 1.54) is 27.8 Å². The summed E-state index contributed by atoms with van der Waals surface area (Å²) in [6.07, 6.45) is 1.80. The van der Waals surface area contributed by atoms with Crippen molar-refractivity contribution in [3.63, 3.8) is 0 Å². The van der Waals surface area contributed by atoms with Gasteiger partial charge in [0.25, 0.3) is 10.2 Å². The average Bonchev–Trinajstić information content (AvgIpc) is 3.30. The highest BCUT2D eigenvalue weighted by Gasteiger charge is 2.43. The third kappa shape index (κ3) is 6.27. The third-order valence-corrected chi connectivity index (χ3v) is 8.20. The van der Waals surface area contributed by atoms with Crippen molar-refractivity contribution in [1.29, 1.82) is 0 Å². The van der Waals surface area contributed by atoms with Gasteiger partial charge in [-0.15, -0.1) is 11.3 Å². The molecule has 2 atom stereocenters. The molecule has 0 saturated carbocycles. The number of benzene rings is 1. The Labute approximate surface area is 202 Å². The van der Waals surface area contributed by atoms with Crippen LogP contribution in [0.5, 0.6) is 0 Å². The molecule has 0 spiro atoms. The van der Waals surface area contributed by atoms with Crippen LogP contribution in [0, 0.1) is 5.82 Å². The Morgan fingerprint density at radius 3 is 2.76 bits per heavy atom. The van der Waals surface area contributed by atoms with Crippen molar-refractivity contribution < 1.29 is 22.3 Å². The molecule has 1 aromatic heterocycles. The fraction of sp³-hybridized carbons (Fsp3) is 0.500. The number of nitrogens with one attached hydrogen (secondary N) is 2. The van der Waals surface area contributed by atoms with Gasteiger partial charge in [0.15, 0.2) is 0 Å². The molecule has 9 nitrogen and oxygen atoms in total. The molecule has 2 aliphatic heterocycles. The number of anilines is 1. The first-order valence-electron chi connectivity index (χ1n) is 10.1. The number of hydrogen-bond donors (Lipinski definition) is 2. The number of carbonyl (C=O) groups is 1. The van der Waals surface area contributed by atoms with Crippen LogP contribution >= 0.6 is 22.9 Å². The van der Waals surface area contributed by atoms with Crippen molar-refractivity contribution in [3.8, 4) is 0 Å². The first-order valence-corrected chi connectivity index (χ1v) is 12.8. The molecule has 2 unspecified atom stereocenters. The number of thiazole rings is 1. The largest absolute Gasteiger partial charge is 0.379 e. The lowest BCUT2D eigenvalue weighted by Gasteiger charge is -2.38. The van der Waals surface area contributed by atoms with Crippen LogP contribution in [-0.2, 0) is 19.7 Å². The minimum Gasteiger partial charge on any atom is -0.379 e. The second kappa shape index (κ2) is 11.2. The van der Waals surface area contributed by atoms with Gasteiger partial charge in [0.1, 0.15) is 16.9 Å². The molecule has 0 aliphatic carbocycles. The molecular weight excluding hydrogens is 493 g/mol. The van der Waals surface area contributed by atoms with Crippen LogP contribution in [0.15, 0.2) is 29.8 Å². The average molecular weight is 520 g/mol. The number of carbonyl (C=O) groups excluding carboxylic acids is 1. The van der Waals surface area contributed by atoms with E-state index in [2.05, 4.69) is 19.9 Å². The number of rotatable bonds is 6. The number of morpholine rings is 1. The Bertz CT molecular complexity index is 1050. The number of aromatic nitrogens is 1. The summed E-state index contributed by atoms with van der Waals surface area (Å²) in [5.74, 6) is -1.12. The number of amides is 1. The molecule has 3 heterocycles. The molecule has 4 rings (SSSR count). The van der Waals surface area contributed by atoms with E-state index in [9.17, 15) is 17.6 Å². The molecule has 1 amide bonds. The lowest BCUT2D eigenvalue weighted by atomic mass is 10.1. The zero-order valence-electron chi connectivity index (χ0n) is 17.0. The highest BCUT2D eigenvalue weighted by atomic mass is 35.5. The quantitative estimate of drug-likeness (QED) is 0.607. The summed E-state index contributed by atoms with van der Waals surface area (Å²) >= 11 is 7.14. The first-order chi connectivity index (χ1) is 15.3. The fourth-order valence-corrected chi connectivity index (χ4v) is 6.24. The van der Waals surface area contributed by atoms with Gasteiger partial charge in [0.2, 0.25) is 5.91 Å². The third-order valence-electron chi connectivity index (χ3n) is 5.39. The summed E-state index contributed by atoms with van der Waals surface area (Å²) in [4.78, 5) is 19.5. The van der Waals surface area contributed by atoms with E-state index in [1.54, 1.807) is 11.6 Å². The topological polar surface area (TPSA) is 104 Å². The minimum absolute atomic E-state index is 0. The molecule has 2 fully saturated rings. The van der Waals surface area contributed by atoms with Gasteiger partial charge in [-0.1, -0.05) is 19.0 Å². The maximum atomic E-state index is 13.5. The fourth-order valence-electron chi connectivity index (χ4n) is 3.74. The van der Waals surface area contributed by atoms with Gasteiger partial charge < -0.3 is 10.1 Å². The maximum Gasteiger partial charge on any atom is 0.280 e. The molecule has 0 radical (unpaired) electrons. The van der Waals surface area contributed by atoms with Crippen LogP contribution in [0.2, 0.25) is 5.02 Å².